The first kappa shape index (κ1) is 17.9. The maximum Gasteiger partial charge on any atom is 0.359 e. The van der Waals surface area contributed by atoms with Gasteiger partial charge < -0.3 is 14.5 Å². The van der Waals surface area contributed by atoms with Crippen molar-refractivity contribution in [1.29, 1.82) is 0 Å². The molecule has 1 amide bonds. The Morgan fingerprint density at radius 2 is 2.00 bits per heavy atom. The van der Waals surface area contributed by atoms with E-state index < -0.39 is 12.1 Å². The number of ether oxygens (including phenoxy) is 1. The highest BCUT2D eigenvalue weighted by Crippen LogP contribution is 2.17. The number of imidazole rings is 1. The number of aryl methyl sites for hydroxylation is 1. The van der Waals surface area contributed by atoms with Crippen LogP contribution in [0.3, 0.4) is 0 Å². The first-order valence-electron chi connectivity index (χ1n) is 8.19. The number of carbonyl (C=O) groups excluding carboxylic acids is 2. The van der Waals surface area contributed by atoms with E-state index in [1.807, 2.05) is 19.1 Å². The highest BCUT2D eigenvalue weighted by molar-refractivity contribution is 6.33. The van der Waals surface area contributed by atoms with Crippen LogP contribution in [-0.4, -0.2) is 27.4 Å². The van der Waals surface area contributed by atoms with E-state index in [9.17, 15) is 9.59 Å². The third-order valence-corrected chi connectivity index (χ3v) is 4.17. The van der Waals surface area contributed by atoms with Crippen LogP contribution in [-0.2, 0) is 9.53 Å². The van der Waals surface area contributed by atoms with Gasteiger partial charge in [-0.05, 0) is 37.6 Å². The molecule has 7 heteroatoms. The number of benzene rings is 1. The van der Waals surface area contributed by atoms with Crippen molar-refractivity contribution in [3.63, 3.8) is 0 Å². The minimum Gasteiger partial charge on any atom is -0.447 e. The molecule has 0 fully saturated rings. The SMILES string of the molecule is CCC(OC(=O)c1cn2cccc(Cl)c2n1)C(=O)Nc1ccc(C)cc1. The van der Waals surface area contributed by atoms with Crippen molar-refractivity contribution in [2.24, 2.45) is 0 Å². The average molecular weight is 372 g/mol. The predicted molar refractivity (Wildman–Crippen MR) is 99.5 cm³/mol. The topological polar surface area (TPSA) is 72.7 Å². The lowest BCUT2D eigenvalue weighted by molar-refractivity contribution is -0.124. The zero-order valence-corrected chi connectivity index (χ0v) is 15.2. The molecule has 3 rings (SSSR count). The van der Waals surface area contributed by atoms with E-state index in [0.717, 1.165) is 5.56 Å². The van der Waals surface area contributed by atoms with Crippen LogP contribution in [0.15, 0.2) is 48.8 Å². The number of aromatic nitrogens is 2. The summed E-state index contributed by atoms with van der Waals surface area (Å²) in [6.07, 6.45) is 2.68. The van der Waals surface area contributed by atoms with Gasteiger partial charge in [-0.1, -0.05) is 36.2 Å². The van der Waals surface area contributed by atoms with Gasteiger partial charge in [-0.15, -0.1) is 0 Å². The third kappa shape index (κ3) is 3.86. The van der Waals surface area contributed by atoms with Crippen LogP contribution >= 0.6 is 11.6 Å². The van der Waals surface area contributed by atoms with Gasteiger partial charge >= 0.3 is 5.97 Å². The molecule has 2 aromatic heterocycles. The van der Waals surface area contributed by atoms with Gasteiger partial charge in [-0.3, -0.25) is 4.79 Å². The van der Waals surface area contributed by atoms with Crippen LogP contribution in [0.5, 0.6) is 0 Å². The summed E-state index contributed by atoms with van der Waals surface area (Å²) in [5.41, 5.74) is 2.29. The number of fused-ring (bicyclic) bond motifs is 1. The Balaban J connectivity index is 1.71. The summed E-state index contributed by atoms with van der Waals surface area (Å²) in [4.78, 5) is 28.9. The van der Waals surface area contributed by atoms with E-state index in [-0.39, 0.29) is 11.6 Å². The largest absolute Gasteiger partial charge is 0.447 e. The second-order valence-corrected chi connectivity index (χ2v) is 6.28. The fraction of sp³-hybridized carbons (Fsp3) is 0.211. The zero-order valence-electron chi connectivity index (χ0n) is 14.4. The second kappa shape index (κ2) is 7.58. The number of carbonyl (C=O) groups is 2. The summed E-state index contributed by atoms with van der Waals surface area (Å²) in [6, 6.07) is 10.8. The highest BCUT2D eigenvalue weighted by atomic mass is 35.5. The summed E-state index contributed by atoms with van der Waals surface area (Å²) in [7, 11) is 0. The van der Waals surface area contributed by atoms with Crippen LogP contribution in [0.4, 0.5) is 5.69 Å². The molecule has 1 aromatic carbocycles. The lowest BCUT2D eigenvalue weighted by Crippen LogP contribution is -2.32. The lowest BCUT2D eigenvalue weighted by atomic mass is 10.2. The van der Waals surface area contributed by atoms with Crippen LogP contribution in [0.2, 0.25) is 5.02 Å². The molecule has 0 radical (unpaired) electrons. The zero-order chi connectivity index (χ0) is 18.7. The van der Waals surface area contributed by atoms with Crippen molar-refractivity contribution in [1.82, 2.24) is 9.38 Å². The molecule has 0 spiro atoms. The van der Waals surface area contributed by atoms with Gasteiger partial charge in [0.1, 0.15) is 0 Å². The molecule has 0 saturated heterocycles. The van der Waals surface area contributed by atoms with E-state index in [1.165, 1.54) is 6.20 Å². The monoisotopic (exact) mass is 371 g/mol. The van der Waals surface area contributed by atoms with Gasteiger partial charge in [-0.25, -0.2) is 9.78 Å². The van der Waals surface area contributed by atoms with E-state index in [0.29, 0.717) is 22.8 Å². The third-order valence-electron chi connectivity index (χ3n) is 3.88. The maximum atomic E-state index is 12.4. The number of nitrogens with zero attached hydrogens (tertiary/aromatic N) is 2. The number of hydrogen-bond donors (Lipinski definition) is 1. The minimum absolute atomic E-state index is 0.0969. The molecule has 0 saturated carbocycles. The minimum atomic E-state index is -0.913. The van der Waals surface area contributed by atoms with Crippen molar-refractivity contribution in [3.05, 3.63) is 65.1 Å². The summed E-state index contributed by atoms with van der Waals surface area (Å²) in [5, 5.41) is 3.18. The standard InChI is InChI=1S/C19H18ClN3O3/c1-3-16(18(24)21-13-8-6-12(2)7-9-13)26-19(25)15-11-23-10-4-5-14(20)17(23)22-15/h4-11,16H,3H2,1-2H3,(H,21,24). The molecule has 1 atom stereocenters. The van der Waals surface area contributed by atoms with Crippen molar-refractivity contribution >= 4 is 34.8 Å². The molecule has 0 bridgehead atoms. The van der Waals surface area contributed by atoms with E-state index in [1.54, 1.807) is 41.8 Å². The number of anilines is 1. The van der Waals surface area contributed by atoms with Gasteiger partial charge in [0.2, 0.25) is 0 Å². The molecule has 0 aliphatic carbocycles. The van der Waals surface area contributed by atoms with Gasteiger partial charge in [0.15, 0.2) is 17.4 Å². The Bertz CT molecular complexity index is 950. The number of esters is 1. The number of halogens is 1. The van der Waals surface area contributed by atoms with Crippen LogP contribution < -0.4 is 5.32 Å². The number of amides is 1. The molecule has 2 heterocycles. The van der Waals surface area contributed by atoms with Gasteiger partial charge in [-0.2, -0.15) is 0 Å². The van der Waals surface area contributed by atoms with Crippen molar-refractivity contribution in [2.75, 3.05) is 5.32 Å². The fourth-order valence-electron chi connectivity index (χ4n) is 2.45. The molecular weight excluding hydrogens is 354 g/mol. The molecular formula is C19H18ClN3O3. The number of rotatable bonds is 5. The van der Waals surface area contributed by atoms with E-state index in [4.69, 9.17) is 16.3 Å². The van der Waals surface area contributed by atoms with Crippen molar-refractivity contribution in [3.8, 4) is 0 Å². The Morgan fingerprint density at radius 3 is 2.65 bits per heavy atom. The summed E-state index contributed by atoms with van der Waals surface area (Å²) >= 11 is 6.06. The molecule has 3 aromatic rings. The molecule has 26 heavy (non-hydrogen) atoms. The van der Waals surface area contributed by atoms with E-state index in [2.05, 4.69) is 10.3 Å². The Labute approximate surface area is 155 Å². The number of hydrogen-bond acceptors (Lipinski definition) is 4. The molecule has 1 N–H and O–H groups in total. The van der Waals surface area contributed by atoms with Gasteiger partial charge in [0, 0.05) is 18.1 Å². The molecule has 6 nitrogen and oxygen atoms in total. The Hall–Kier alpha value is -2.86. The smallest absolute Gasteiger partial charge is 0.359 e. The molecule has 1 unspecified atom stereocenters. The van der Waals surface area contributed by atoms with Crippen LogP contribution in [0.25, 0.3) is 5.65 Å². The first-order chi connectivity index (χ1) is 12.5. The summed E-state index contributed by atoms with van der Waals surface area (Å²) in [5.74, 6) is -1.05. The van der Waals surface area contributed by atoms with Gasteiger partial charge in [0.25, 0.3) is 5.91 Å². The van der Waals surface area contributed by atoms with Crippen LogP contribution in [0.1, 0.15) is 29.4 Å². The molecule has 0 aliphatic heterocycles. The maximum absolute atomic E-state index is 12.4. The van der Waals surface area contributed by atoms with E-state index >= 15 is 0 Å². The first-order valence-corrected chi connectivity index (χ1v) is 8.57. The normalized spacial score (nSPS) is 12.0. The average Bonchev–Trinajstić information content (AvgIpc) is 3.07. The predicted octanol–water partition coefficient (Wildman–Crippen LogP) is 3.87. The molecule has 0 aliphatic rings. The lowest BCUT2D eigenvalue weighted by Gasteiger charge is -2.15. The van der Waals surface area contributed by atoms with Crippen molar-refractivity contribution in [2.45, 2.75) is 26.4 Å². The van der Waals surface area contributed by atoms with Gasteiger partial charge in [0.05, 0.1) is 5.02 Å². The van der Waals surface area contributed by atoms with Crippen LogP contribution in [0, 0.1) is 6.92 Å². The highest BCUT2D eigenvalue weighted by Gasteiger charge is 2.24. The number of nitrogens with one attached hydrogen (secondary N) is 1. The number of pyridine rings is 1. The quantitative estimate of drug-likeness (QED) is 0.691. The van der Waals surface area contributed by atoms with Crippen molar-refractivity contribution < 1.29 is 14.3 Å². The molecule has 134 valence electrons. The fourth-order valence-corrected chi connectivity index (χ4v) is 2.66. The Morgan fingerprint density at radius 1 is 1.27 bits per heavy atom. The summed E-state index contributed by atoms with van der Waals surface area (Å²) in [6.45, 7) is 3.73. The second-order valence-electron chi connectivity index (χ2n) is 5.87. The Kier molecular flexibility index (Phi) is 5.23. The summed E-state index contributed by atoms with van der Waals surface area (Å²) < 4.78 is 6.97.